The van der Waals surface area contributed by atoms with Crippen LogP contribution in [0.15, 0.2) is 59.8 Å². The van der Waals surface area contributed by atoms with Crippen LogP contribution in [-0.2, 0) is 0 Å². The van der Waals surface area contributed by atoms with Gasteiger partial charge in [0.1, 0.15) is 16.6 Å². The number of aromatic nitrogens is 1. The first-order valence-corrected chi connectivity index (χ1v) is 7.91. The van der Waals surface area contributed by atoms with Crippen molar-refractivity contribution in [2.45, 2.75) is 0 Å². The fraction of sp³-hybridized carbons (Fsp3) is 0.0588. The first kappa shape index (κ1) is 15.6. The Morgan fingerprint density at radius 1 is 1.42 bits per heavy atom. The highest BCUT2D eigenvalue weighted by Crippen LogP contribution is 2.30. The molecule has 1 aromatic heterocycles. The molecule has 6 nitrogen and oxygen atoms in total. The Morgan fingerprint density at radius 2 is 2.25 bits per heavy atom. The number of nitriles is 1. The average Bonchev–Trinajstić information content (AvgIpc) is 3.07. The summed E-state index contributed by atoms with van der Waals surface area (Å²) in [6, 6.07) is 8.51. The zero-order chi connectivity index (χ0) is 17.1. The molecule has 2 heterocycles. The Bertz CT molecular complexity index is 934. The number of hydrogen-bond donors (Lipinski definition) is 0. The van der Waals surface area contributed by atoms with Crippen molar-refractivity contribution in [2.24, 2.45) is 0 Å². The second-order valence-electron chi connectivity index (χ2n) is 5.03. The van der Waals surface area contributed by atoms with Gasteiger partial charge in [0.2, 0.25) is 0 Å². The number of hydrogen-bond acceptors (Lipinski definition) is 6. The van der Waals surface area contributed by atoms with E-state index in [-0.39, 0.29) is 5.69 Å². The highest BCUT2D eigenvalue weighted by atomic mass is 32.1. The Labute approximate surface area is 142 Å². The summed E-state index contributed by atoms with van der Waals surface area (Å²) in [4.78, 5) is 16.8. The van der Waals surface area contributed by atoms with Gasteiger partial charge in [-0.25, -0.2) is 4.98 Å². The van der Waals surface area contributed by atoms with Gasteiger partial charge in [0.15, 0.2) is 0 Å². The maximum Gasteiger partial charge on any atom is 0.270 e. The molecule has 1 aliphatic rings. The van der Waals surface area contributed by atoms with Gasteiger partial charge in [-0.1, -0.05) is 18.2 Å². The highest BCUT2D eigenvalue weighted by molar-refractivity contribution is 7.11. The molecule has 24 heavy (non-hydrogen) atoms. The van der Waals surface area contributed by atoms with Crippen LogP contribution in [0.5, 0.6) is 0 Å². The van der Waals surface area contributed by atoms with Crippen molar-refractivity contribution in [1.29, 1.82) is 5.26 Å². The summed E-state index contributed by atoms with van der Waals surface area (Å²) >= 11 is 1.34. The monoisotopic (exact) mass is 336 g/mol. The third kappa shape index (κ3) is 2.95. The molecular formula is C17H12N4O2S. The average molecular weight is 336 g/mol. The lowest BCUT2D eigenvalue weighted by Gasteiger charge is -2.18. The van der Waals surface area contributed by atoms with E-state index in [0.717, 1.165) is 5.70 Å². The lowest BCUT2D eigenvalue weighted by molar-refractivity contribution is -0.384. The van der Waals surface area contributed by atoms with Gasteiger partial charge < -0.3 is 4.90 Å². The number of likely N-dealkylation sites (N-methyl/N-ethyl adjacent to an activating group) is 1. The Kier molecular flexibility index (Phi) is 4.22. The van der Waals surface area contributed by atoms with Crippen molar-refractivity contribution in [3.63, 3.8) is 0 Å². The lowest BCUT2D eigenvalue weighted by Crippen LogP contribution is -2.12. The molecule has 0 atom stereocenters. The summed E-state index contributed by atoms with van der Waals surface area (Å²) in [5.74, 6) is 0. The summed E-state index contributed by atoms with van der Waals surface area (Å²) in [6.07, 6.45) is 7.46. The molecule has 0 saturated heterocycles. The molecule has 0 N–H and O–H groups in total. The standard InChI is InChI=1S/C17H12N4O2S/c1-20-8-3-2-7-16(20)14(10-18)17-19-15(11-24-17)12-5-4-6-13(9-12)21(22)23/h2-9,11H,1H3/b16-14+. The van der Waals surface area contributed by atoms with Gasteiger partial charge in [0.05, 0.1) is 16.3 Å². The Morgan fingerprint density at radius 3 is 2.96 bits per heavy atom. The van der Waals surface area contributed by atoms with Crippen molar-refractivity contribution in [3.05, 3.63) is 74.9 Å². The summed E-state index contributed by atoms with van der Waals surface area (Å²) in [6.45, 7) is 0. The fourth-order valence-electron chi connectivity index (χ4n) is 2.30. The van der Waals surface area contributed by atoms with E-state index < -0.39 is 4.92 Å². The minimum absolute atomic E-state index is 0.0148. The second kappa shape index (κ2) is 6.48. The van der Waals surface area contributed by atoms with Crippen LogP contribution in [-0.4, -0.2) is 21.9 Å². The SMILES string of the molecule is CN1C=CC=C/C1=C(/C#N)c1nc(-c2cccc([N+](=O)[O-])c2)cs1. The molecule has 0 spiro atoms. The highest BCUT2D eigenvalue weighted by Gasteiger charge is 2.16. The number of non-ortho nitro benzene ring substituents is 1. The van der Waals surface area contributed by atoms with Crippen molar-refractivity contribution >= 4 is 22.6 Å². The molecule has 0 amide bonds. The second-order valence-corrected chi connectivity index (χ2v) is 5.89. The third-order valence-corrected chi connectivity index (χ3v) is 4.35. The third-order valence-electron chi connectivity index (χ3n) is 3.49. The summed E-state index contributed by atoms with van der Waals surface area (Å²) in [5, 5.41) is 22.8. The molecule has 0 bridgehead atoms. The van der Waals surface area contributed by atoms with Crippen LogP contribution < -0.4 is 0 Å². The van der Waals surface area contributed by atoms with Crippen molar-refractivity contribution in [3.8, 4) is 17.3 Å². The molecule has 0 aliphatic carbocycles. The molecule has 0 fully saturated rings. The van der Waals surface area contributed by atoms with E-state index in [4.69, 9.17) is 0 Å². The molecule has 0 unspecified atom stereocenters. The van der Waals surface area contributed by atoms with Crippen LogP contribution in [0.1, 0.15) is 5.01 Å². The van der Waals surface area contributed by atoms with Crippen LogP contribution in [0.4, 0.5) is 5.69 Å². The zero-order valence-corrected chi connectivity index (χ0v) is 13.5. The minimum Gasteiger partial charge on any atom is -0.350 e. The van der Waals surface area contributed by atoms with Gasteiger partial charge in [0.25, 0.3) is 5.69 Å². The maximum absolute atomic E-state index is 10.9. The minimum atomic E-state index is -0.437. The van der Waals surface area contributed by atoms with Gasteiger partial charge in [0, 0.05) is 36.3 Å². The van der Waals surface area contributed by atoms with Crippen LogP contribution in [0, 0.1) is 21.4 Å². The summed E-state index contributed by atoms with van der Waals surface area (Å²) in [7, 11) is 1.86. The van der Waals surface area contributed by atoms with E-state index in [0.29, 0.717) is 21.8 Å². The first-order valence-electron chi connectivity index (χ1n) is 7.03. The smallest absolute Gasteiger partial charge is 0.270 e. The molecule has 2 aromatic rings. The number of nitrogens with zero attached hydrogens (tertiary/aromatic N) is 4. The summed E-state index contributed by atoms with van der Waals surface area (Å²) in [5.41, 5.74) is 2.52. The predicted octanol–water partition coefficient (Wildman–Crippen LogP) is 3.97. The van der Waals surface area contributed by atoms with Gasteiger partial charge in [-0.05, 0) is 12.2 Å². The van der Waals surface area contributed by atoms with Gasteiger partial charge >= 0.3 is 0 Å². The Hall–Kier alpha value is -3.24. The van der Waals surface area contributed by atoms with Gasteiger partial charge in [-0.15, -0.1) is 11.3 Å². The number of nitro groups is 1. The number of allylic oxidation sites excluding steroid dienone is 4. The molecule has 0 radical (unpaired) electrons. The molecular weight excluding hydrogens is 324 g/mol. The quantitative estimate of drug-likeness (QED) is 0.481. The fourth-order valence-corrected chi connectivity index (χ4v) is 3.13. The maximum atomic E-state index is 10.9. The normalized spacial score (nSPS) is 15.2. The molecule has 1 aromatic carbocycles. The largest absolute Gasteiger partial charge is 0.350 e. The molecule has 0 saturated carbocycles. The number of benzene rings is 1. The molecule has 1 aliphatic heterocycles. The van der Waals surface area contributed by atoms with Crippen molar-refractivity contribution < 1.29 is 4.92 Å². The van der Waals surface area contributed by atoms with Gasteiger partial charge in [-0.2, -0.15) is 5.26 Å². The number of nitro benzene ring substituents is 1. The lowest BCUT2D eigenvalue weighted by atomic mass is 10.1. The van der Waals surface area contributed by atoms with Crippen molar-refractivity contribution in [1.82, 2.24) is 9.88 Å². The molecule has 118 valence electrons. The first-order chi connectivity index (χ1) is 11.6. The topological polar surface area (TPSA) is 83.1 Å². The summed E-state index contributed by atoms with van der Waals surface area (Å²) < 4.78 is 0. The predicted molar refractivity (Wildman–Crippen MR) is 92.8 cm³/mol. The van der Waals surface area contributed by atoms with E-state index in [2.05, 4.69) is 11.1 Å². The van der Waals surface area contributed by atoms with Crippen LogP contribution >= 0.6 is 11.3 Å². The molecule has 7 heteroatoms. The number of thiazole rings is 1. The van der Waals surface area contributed by atoms with E-state index in [1.807, 2.05) is 36.4 Å². The zero-order valence-electron chi connectivity index (χ0n) is 12.7. The molecule has 3 rings (SSSR count). The van der Waals surface area contributed by atoms with Crippen LogP contribution in [0.2, 0.25) is 0 Å². The van der Waals surface area contributed by atoms with E-state index in [1.54, 1.807) is 17.5 Å². The number of rotatable bonds is 3. The Balaban J connectivity index is 2.02. The van der Waals surface area contributed by atoms with E-state index in [1.165, 1.54) is 23.5 Å². The van der Waals surface area contributed by atoms with Gasteiger partial charge in [-0.3, -0.25) is 10.1 Å². The van der Waals surface area contributed by atoms with E-state index >= 15 is 0 Å². The van der Waals surface area contributed by atoms with Crippen LogP contribution in [0.25, 0.3) is 16.8 Å². The van der Waals surface area contributed by atoms with Crippen LogP contribution in [0.3, 0.4) is 0 Å². The van der Waals surface area contributed by atoms with E-state index in [9.17, 15) is 15.4 Å². The van der Waals surface area contributed by atoms with Crippen molar-refractivity contribution in [2.75, 3.05) is 7.05 Å².